The lowest BCUT2D eigenvalue weighted by Gasteiger charge is -2.32. The Bertz CT molecular complexity index is 947. The summed E-state index contributed by atoms with van der Waals surface area (Å²) in [4.78, 5) is 31.2. The van der Waals surface area contributed by atoms with Crippen molar-refractivity contribution in [2.24, 2.45) is 28.5 Å². The largest absolute Gasteiger partial charge is 0.442 e. The van der Waals surface area contributed by atoms with Crippen LogP contribution in [0.2, 0.25) is 0 Å². The summed E-state index contributed by atoms with van der Waals surface area (Å²) >= 11 is 0. The Hall–Kier alpha value is -2.64. The van der Waals surface area contributed by atoms with Crippen molar-refractivity contribution in [1.29, 1.82) is 0 Å². The van der Waals surface area contributed by atoms with E-state index in [1.165, 1.54) is 13.8 Å². The molecule has 0 spiro atoms. The average Bonchev–Trinajstić information content (AvgIpc) is 2.99. The second kappa shape index (κ2) is 11.0. The maximum Gasteiger partial charge on any atom is 0.437 e. The van der Waals surface area contributed by atoms with Crippen LogP contribution in [0.15, 0.2) is 23.2 Å². The number of nitrogens with two attached hydrogens (primary N) is 2. The molecule has 2 amide bonds. The molecule has 3 atom stereocenters. The van der Waals surface area contributed by atoms with Crippen LogP contribution in [0.3, 0.4) is 0 Å². The number of nitrogen functional groups attached to an aromatic ring is 1. The van der Waals surface area contributed by atoms with Crippen LogP contribution >= 0.6 is 0 Å². The van der Waals surface area contributed by atoms with Gasteiger partial charge in [-0.05, 0) is 94.9 Å². The number of rotatable bonds is 7. The molecule has 1 aromatic rings. The van der Waals surface area contributed by atoms with Crippen LogP contribution in [0.1, 0.15) is 85.3 Å². The van der Waals surface area contributed by atoms with Gasteiger partial charge in [-0.3, -0.25) is 9.69 Å². The zero-order chi connectivity index (χ0) is 26.7. The molecule has 1 aromatic carbocycles. The minimum atomic E-state index is -1.76. The molecular formula is C27H43FN4O3. The molecule has 0 aliphatic heterocycles. The van der Waals surface area contributed by atoms with Crippen LogP contribution in [-0.4, -0.2) is 40.7 Å². The molecule has 1 unspecified atom stereocenters. The predicted octanol–water partition coefficient (Wildman–Crippen LogP) is 5.42. The fraction of sp³-hybridized carbons (Fsp3) is 0.667. The van der Waals surface area contributed by atoms with Crippen molar-refractivity contribution in [2.45, 2.75) is 91.8 Å². The standard InChI is InChI=1S/C27H43FN4O3/c1-16(2)11-17(3)12-19-13-18-9-10-20(29)14-21(18)22(19)23(33)32(15-27(7,8)28)24(30)31-25(34)35-26(4,5)6/h9-10,14,16-17,19,22H,11-13,15,29H2,1-8H3,(H2,30,31,34)/t17?,19-,22-/m0/s1. The molecule has 0 saturated carbocycles. The number of alkyl halides is 1. The molecular weight excluding hydrogens is 447 g/mol. The van der Waals surface area contributed by atoms with Gasteiger partial charge in [-0.25, -0.2) is 9.18 Å². The van der Waals surface area contributed by atoms with E-state index in [4.69, 9.17) is 16.2 Å². The minimum absolute atomic E-state index is 0.00704. The molecule has 1 aliphatic carbocycles. The summed E-state index contributed by atoms with van der Waals surface area (Å²) in [5.74, 6) is -0.363. The smallest absolute Gasteiger partial charge is 0.437 e. The first-order chi connectivity index (χ1) is 16.0. The Morgan fingerprint density at radius 2 is 1.83 bits per heavy atom. The van der Waals surface area contributed by atoms with Crippen molar-refractivity contribution >= 4 is 23.6 Å². The Morgan fingerprint density at radius 1 is 1.20 bits per heavy atom. The summed E-state index contributed by atoms with van der Waals surface area (Å²) in [6, 6.07) is 5.62. The number of hydrogen-bond donors (Lipinski definition) is 2. The topological polar surface area (TPSA) is 111 Å². The number of amides is 2. The summed E-state index contributed by atoms with van der Waals surface area (Å²) in [5.41, 5.74) is 12.1. The lowest BCUT2D eigenvalue weighted by molar-refractivity contribution is -0.131. The van der Waals surface area contributed by atoms with Gasteiger partial charge < -0.3 is 16.2 Å². The molecule has 0 bridgehead atoms. The number of aliphatic imine (C=N–C) groups is 1. The highest BCUT2D eigenvalue weighted by Gasteiger charge is 2.42. The van der Waals surface area contributed by atoms with Gasteiger partial charge in [0.2, 0.25) is 11.9 Å². The van der Waals surface area contributed by atoms with E-state index in [0.29, 0.717) is 17.5 Å². The summed E-state index contributed by atoms with van der Waals surface area (Å²) in [5, 5.41) is 0. The molecule has 196 valence electrons. The number of anilines is 1. The van der Waals surface area contributed by atoms with E-state index in [9.17, 15) is 14.0 Å². The number of benzene rings is 1. The van der Waals surface area contributed by atoms with Crippen LogP contribution < -0.4 is 11.5 Å². The van der Waals surface area contributed by atoms with Gasteiger partial charge in [-0.1, -0.05) is 26.8 Å². The lowest BCUT2D eigenvalue weighted by atomic mass is 9.82. The number of hydrogen-bond acceptors (Lipinski definition) is 4. The maximum absolute atomic E-state index is 14.8. The zero-order valence-corrected chi connectivity index (χ0v) is 22.5. The van der Waals surface area contributed by atoms with Crippen LogP contribution in [-0.2, 0) is 16.0 Å². The molecule has 0 saturated heterocycles. The van der Waals surface area contributed by atoms with Gasteiger partial charge in [-0.2, -0.15) is 0 Å². The SMILES string of the molecule is CC(C)CC(C)C[C@H]1Cc2ccc(N)cc2[C@H]1C(=O)N(CC(C)(C)F)/C(N)=N/C(=O)OC(C)(C)C. The summed E-state index contributed by atoms with van der Waals surface area (Å²) in [7, 11) is 0. The third-order valence-corrected chi connectivity index (χ3v) is 5.98. The van der Waals surface area contributed by atoms with Crippen molar-refractivity contribution in [3.05, 3.63) is 29.3 Å². The van der Waals surface area contributed by atoms with E-state index >= 15 is 0 Å². The third-order valence-electron chi connectivity index (χ3n) is 5.98. The number of carbonyl (C=O) groups is 2. The van der Waals surface area contributed by atoms with E-state index in [1.807, 2.05) is 18.2 Å². The number of guanidine groups is 1. The number of ether oxygens (including phenoxy) is 1. The summed E-state index contributed by atoms with van der Waals surface area (Å²) in [6.07, 6.45) is 1.67. The van der Waals surface area contributed by atoms with Crippen molar-refractivity contribution in [2.75, 3.05) is 12.3 Å². The second-order valence-electron chi connectivity index (χ2n) is 12.0. The van der Waals surface area contributed by atoms with Crippen LogP contribution in [0, 0.1) is 17.8 Å². The number of carbonyl (C=O) groups excluding carboxylic acids is 2. The van der Waals surface area contributed by atoms with Gasteiger partial charge in [-0.15, -0.1) is 4.99 Å². The van der Waals surface area contributed by atoms with Gasteiger partial charge in [0.05, 0.1) is 12.5 Å². The zero-order valence-electron chi connectivity index (χ0n) is 22.5. The number of halogens is 1. The molecule has 2 rings (SSSR count). The Balaban J connectivity index is 2.46. The number of nitrogens with zero attached hydrogens (tertiary/aromatic N) is 2. The van der Waals surface area contributed by atoms with E-state index in [0.717, 1.165) is 35.3 Å². The lowest BCUT2D eigenvalue weighted by Crippen LogP contribution is -2.50. The molecule has 0 fully saturated rings. The van der Waals surface area contributed by atoms with Gasteiger partial charge in [0, 0.05) is 5.69 Å². The first-order valence-corrected chi connectivity index (χ1v) is 12.4. The first kappa shape index (κ1) is 28.6. The highest BCUT2D eigenvalue weighted by Crippen LogP contribution is 2.44. The monoisotopic (exact) mass is 490 g/mol. The highest BCUT2D eigenvalue weighted by atomic mass is 19.1. The molecule has 7 nitrogen and oxygen atoms in total. The van der Waals surface area contributed by atoms with E-state index in [2.05, 4.69) is 25.8 Å². The third kappa shape index (κ3) is 8.51. The van der Waals surface area contributed by atoms with Crippen LogP contribution in [0.5, 0.6) is 0 Å². The van der Waals surface area contributed by atoms with Crippen molar-refractivity contribution in [3.63, 3.8) is 0 Å². The second-order valence-corrected chi connectivity index (χ2v) is 12.0. The van der Waals surface area contributed by atoms with E-state index < -0.39 is 23.3 Å². The van der Waals surface area contributed by atoms with E-state index in [1.54, 1.807) is 20.8 Å². The molecule has 0 aromatic heterocycles. The summed E-state index contributed by atoms with van der Waals surface area (Å²) in [6.45, 7) is 14.0. The van der Waals surface area contributed by atoms with Crippen molar-refractivity contribution in [3.8, 4) is 0 Å². The minimum Gasteiger partial charge on any atom is -0.442 e. The Labute approximate surface area is 209 Å². The molecule has 35 heavy (non-hydrogen) atoms. The molecule has 4 N–H and O–H groups in total. The Morgan fingerprint density at radius 3 is 2.37 bits per heavy atom. The van der Waals surface area contributed by atoms with Gasteiger partial charge in [0.25, 0.3) is 0 Å². The predicted molar refractivity (Wildman–Crippen MR) is 139 cm³/mol. The molecule has 1 aliphatic rings. The average molecular weight is 491 g/mol. The van der Waals surface area contributed by atoms with Gasteiger partial charge >= 0.3 is 6.09 Å². The van der Waals surface area contributed by atoms with E-state index in [-0.39, 0.29) is 24.3 Å². The van der Waals surface area contributed by atoms with Crippen molar-refractivity contribution in [1.82, 2.24) is 4.90 Å². The molecule has 8 heteroatoms. The Kier molecular flexibility index (Phi) is 8.95. The fourth-order valence-electron chi connectivity index (χ4n) is 4.97. The quantitative estimate of drug-likeness (QED) is 0.301. The molecule has 0 heterocycles. The first-order valence-electron chi connectivity index (χ1n) is 12.4. The summed E-state index contributed by atoms with van der Waals surface area (Å²) < 4.78 is 20.0. The van der Waals surface area contributed by atoms with Crippen molar-refractivity contribution < 1.29 is 18.7 Å². The number of fused-ring (bicyclic) bond motifs is 1. The normalized spacial score (nSPS) is 19.4. The van der Waals surface area contributed by atoms with Crippen LogP contribution in [0.4, 0.5) is 14.9 Å². The highest BCUT2D eigenvalue weighted by molar-refractivity contribution is 6.03. The van der Waals surface area contributed by atoms with Crippen LogP contribution in [0.25, 0.3) is 0 Å². The maximum atomic E-state index is 14.8. The fourth-order valence-corrected chi connectivity index (χ4v) is 4.97. The molecule has 0 radical (unpaired) electrons. The van der Waals surface area contributed by atoms with Gasteiger partial charge in [0.15, 0.2) is 0 Å². The van der Waals surface area contributed by atoms with Gasteiger partial charge in [0.1, 0.15) is 11.3 Å².